The maximum atomic E-state index is 3.60. The number of nitrogens with one attached hydrogen (secondary N) is 1. The molecule has 0 saturated carbocycles. The number of halogens is 1. The Labute approximate surface area is 72.6 Å². The molecule has 2 aliphatic heterocycles. The number of nitrogens with zero attached hydrogens (tertiary/aromatic N) is 1. The summed E-state index contributed by atoms with van der Waals surface area (Å²) in [4.78, 5) is 2.44. The first-order chi connectivity index (χ1) is 4.86. The summed E-state index contributed by atoms with van der Waals surface area (Å²) in [6.07, 6.45) is 1.46. The molecule has 0 aromatic carbocycles. The molecule has 0 aliphatic carbocycles. The van der Waals surface area contributed by atoms with Gasteiger partial charge in [0.1, 0.15) is 0 Å². The van der Waals surface area contributed by atoms with E-state index < -0.39 is 0 Å². The molecule has 0 aromatic rings. The number of likely N-dealkylation sites (N-methyl/N-ethyl adjacent to an activating group) is 1. The Bertz CT molecular complexity index is 127. The molecule has 2 aliphatic rings. The molecule has 2 nitrogen and oxygen atoms in total. The van der Waals surface area contributed by atoms with Crippen LogP contribution in [0.15, 0.2) is 0 Å². The fourth-order valence-corrected chi connectivity index (χ4v) is 3.94. The van der Waals surface area contributed by atoms with Crippen LogP contribution in [-0.4, -0.2) is 39.6 Å². The minimum atomic E-state index is 0.578. The van der Waals surface area contributed by atoms with Gasteiger partial charge in [-0.25, -0.2) is 0 Å². The molecule has 1 N–H and O–H groups in total. The summed E-state index contributed by atoms with van der Waals surface area (Å²) in [5.74, 6) is 0. The first-order valence-electron chi connectivity index (χ1n) is 3.90. The molecule has 0 spiro atoms. The Morgan fingerprint density at radius 2 is 2.40 bits per heavy atom. The van der Waals surface area contributed by atoms with E-state index in [1.165, 1.54) is 26.1 Å². The predicted molar refractivity (Wildman–Crippen MR) is 37.7 cm³/mol. The van der Waals surface area contributed by atoms with Crippen LogP contribution in [0.5, 0.6) is 0 Å². The second-order valence-corrected chi connectivity index (χ2v) is 6.75. The van der Waals surface area contributed by atoms with E-state index in [0.29, 0.717) is 21.2 Å². The molecular formula is C7H14IN2-. The van der Waals surface area contributed by atoms with Crippen molar-refractivity contribution < 1.29 is 21.2 Å². The third kappa shape index (κ3) is 1.62. The van der Waals surface area contributed by atoms with E-state index in [4.69, 9.17) is 0 Å². The van der Waals surface area contributed by atoms with E-state index in [-0.39, 0.29) is 0 Å². The van der Waals surface area contributed by atoms with Gasteiger partial charge in [0.15, 0.2) is 0 Å². The second kappa shape index (κ2) is 2.95. The van der Waals surface area contributed by atoms with Gasteiger partial charge < -0.3 is 0 Å². The SMILES string of the molecule is CN1CCNC2[I-][C@@H]2CC1. The predicted octanol–water partition coefficient (Wildman–Crippen LogP) is -3.29. The van der Waals surface area contributed by atoms with Crippen LogP contribution in [-0.2, 0) is 0 Å². The van der Waals surface area contributed by atoms with E-state index >= 15 is 0 Å². The number of hydrogen-bond donors (Lipinski definition) is 1. The number of alkyl halides is 2. The Kier molecular flexibility index (Phi) is 2.15. The van der Waals surface area contributed by atoms with Gasteiger partial charge in [0, 0.05) is 0 Å². The Morgan fingerprint density at radius 1 is 1.50 bits per heavy atom. The van der Waals surface area contributed by atoms with Gasteiger partial charge in [-0.05, 0) is 0 Å². The summed E-state index contributed by atoms with van der Waals surface area (Å²) in [7, 11) is 2.22. The van der Waals surface area contributed by atoms with Crippen molar-refractivity contribution in [2.75, 3.05) is 26.7 Å². The van der Waals surface area contributed by atoms with Crippen molar-refractivity contribution in [2.45, 2.75) is 14.4 Å². The van der Waals surface area contributed by atoms with E-state index in [2.05, 4.69) is 17.3 Å². The molecule has 2 saturated heterocycles. The molecule has 60 valence electrons. The van der Waals surface area contributed by atoms with Crippen molar-refractivity contribution in [3.05, 3.63) is 0 Å². The van der Waals surface area contributed by atoms with Gasteiger partial charge in [-0.3, -0.25) is 0 Å². The molecule has 0 aromatic heterocycles. The number of fused-ring (bicyclic) bond motifs is 1. The van der Waals surface area contributed by atoms with Crippen LogP contribution < -0.4 is 26.5 Å². The Morgan fingerprint density at radius 3 is 3.30 bits per heavy atom. The molecule has 3 heteroatoms. The zero-order valence-electron chi connectivity index (χ0n) is 6.31. The van der Waals surface area contributed by atoms with Gasteiger partial charge in [0.2, 0.25) is 0 Å². The molecule has 0 amide bonds. The second-order valence-electron chi connectivity index (χ2n) is 3.09. The quantitative estimate of drug-likeness (QED) is 0.276. The molecule has 0 radical (unpaired) electrons. The summed E-state index contributed by atoms with van der Waals surface area (Å²) in [5.41, 5.74) is 0. The van der Waals surface area contributed by atoms with Crippen molar-refractivity contribution in [3.63, 3.8) is 0 Å². The molecule has 2 heterocycles. The van der Waals surface area contributed by atoms with Crippen LogP contribution in [0.1, 0.15) is 6.42 Å². The maximum absolute atomic E-state index is 3.60. The van der Waals surface area contributed by atoms with Crippen molar-refractivity contribution in [2.24, 2.45) is 0 Å². The van der Waals surface area contributed by atoms with E-state index in [1.54, 1.807) is 0 Å². The third-order valence-corrected chi connectivity index (χ3v) is 5.69. The van der Waals surface area contributed by atoms with Crippen LogP contribution in [0.2, 0.25) is 0 Å². The monoisotopic (exact) mass is 253 g/mol. The van der Waals surface area contributed by atoms with Gasteiger partial charge in [-0.15, -0.1) is 0 Å². The van der Waals surface area contributed by atoms with Crippen molar-refractivity contribution in [1.29, 1.82) is 0 Å². The van der Waals surface area contributed by atoms with Crippen LogP contribution in [0, 0.1) is 0 Å². The molecule has 2 rings (SSSR count). The summed E-state index contributed by atoms with van der Waals surface area (Å²) < 4.78 is 2.13. The first-order valence-corrected chi connectivity index (χ1v) is 6.39. The van der Waals surface area contributed by atoms with Gasteiger partial charge in [0.05, 0.1) is 0 Å². The van der Waals surface area contributed by atoms with E-state index in [1.807, 2.05) is 0 Å². The topological polar surface area (TPSA) is 15.3 Å². The van der Waals surface area contributed by atoms with Crippen LogP contribution in [0.4, 0.5) is 0 Å². The molecule has 10 heavy (non-hydrogen) atoms. The fourth-order valence-electron chi connectivity index (χ4n) is 1.36. The van der Waals surface area contributed by atoms with E-state index in [9.17, 15) is 0 Å². The van der Waals surface area contributed by atoms with Gasteiger partial charge in [-0.1, -0.05) is 0 Å². The van der Waals surface area contributed by atoms with Crippen molar-refractivity contribution >= 4 is 0 Å². The van der Waals surface area contributed by atoms with Crippen LogP contribution in [0.25, 0.3) is 0 Å². The summed E-state index contributed by atoms with van der Waals surface area (Å²) in [6, 6.07) is 0. The average Bonchev–Trinajstić information content (AvgIpc) is 2.59. The van der Waals surface area contributed by atoms with Gasteiger partial charge >= 0.3 is 72.5 Å². The number of hydrogen-bond acceptors (Lipinski definition) is 2. The Balaban J connectivity index is 1.83. The van der Waals surface area contributed by atoms with Crippen molar-refractivity contribution in [3.8, 4) is 0 Å². The molecule has 0 bridgehead atoms. The van der Waals surface area contributed by atoms with Crippen molar-refractivity contribution in [1.82, 2.24) is 10.2 Å². The number of rotatable bonds is 0. The zero-order chi connectivity index (χ0) is 6.97. The van der Waals surface area contributed by atoms with E-state index in [0.717, 1.165) is 7.97 Å². The zero-order valence-corrected chi connectivity index (χ0v) is 8.47. The van der Waals surface area contributed by atoms with Gasteiger partial charge in [0.25, 0.3) is 0 Å². The first kappa shape index (κ1) is 7.31. The average molecular weight is 253 g/mol. The Hall–Kier alpha value is 0.650. The van der Waals surface area contributed by atoms with Crippen LogP contribution in [0.3, 0.4) is 0 Å². The van der Waals surface area contributed by atoms with Gasteiger partial charge in [-0.2, -0.15) is 0 Å². The third-order valence-electron chi connectivity index (χ3n) is 2.17. The summed E-state index contributed by atoms with van der Waals surface area (Å²) in [5, 5.41) is 3.60. The van der Waals surface area contributed by atoms with Crippen LogP contribution >= 0.6 is 0 Å². The summed E-state index contributed by atoms with van der Waals surface area (Å²) >= 11 is 0.578. The molecule has 1 unspecified atom stereocenters. The standard InChI is InChI=1S/C7H14IN2/c1-10-4-2-6-7(8-6)9-3-5-10/h6-7,9H,2-5H2,1H3/q-1/t6-,7?/m1/s1. The molecule has 2 fully saturated rings. The normalized spacial score (nSPS) is 42.5. The molecular weight excluding hydrogens is 239 g/mol. The summed E-state index contributed by atoms with van der Waals surface area (Å²) in [6.45, 7) is 3.80. The minimum absolute atomic E-state index is 0.578. The fraction of sp³-hybridized carbons (Fsp3) is 1.00. The molecule has 2 atom stereocenters.